The molecular weight excluding hydrogens is 372 g/mol. The molecule has 28 heavy (non-hydrogen) atoms. The highest BCUT2D eigenvalue weighted by atomic mass is 35.5. The van der Waals surface area contributed by atoms with Crippen LogP contribution in [0.25, 0.3) is 5.69 Å². The SMILES string of the molecule is O=c1c(Cl)c(NCCc2cccnc2)cnn1-c1ccc(C2CCCC2)cc1. The normalized spacial score (nSPS) is 14.3. The van der Waals surface area contributed by atoms with Gasteiger partial charge in [0, 0.05) is 18.9 Å². The van der Waals surface area contributed by atoms with Crippen molar-refractivity contribution in [1.82, 2.24) is 14.8 Å². The van der Waals surface area contributed by atoms with Gasteiger partial charge in [0.25, 0.3) is 5.56 Å². The van der Waals surface area contributed by atoms with Crippen LogP contribution in [0.1, 0.15) is 42.7 Å². The third-order valence-electron chi connectivity index (χ3n) is 5.34. The minimum absolute atomic E-state index is 0.154. The Bertz CT molecular complexity index is 980. The number of halogens is 1. The van der Waals surface area contributed by atoms with Gasteiger partial charge in [-0.05, 0) is 54.5 Å². The van der Waals surface area contributed by atoms with Crippen molar-refractivity contribution in [3.63, 3.8) is 0 Å². The molecule has 0 saturated heterocycles. The standard InChI is InChI=1S/C22H23ClN4O/c23-21-20(25-13-11-16-4-3-12-24-14-16)15-26-27(22(21)28)19-9-7-18(8-10-19)17-5-1-2-6-17/h3-4,7-10,12,14-15,17,25H,1-2,5-6,11,13H2. The molecule has 0 unspecified atom stereocenters. The fourth-order valence-electron chi connectivity index (χ4n) is 3.77. The smallest absolute Gasteiger partial charge is 0.292 e. The van der Waals surface area contributed by atoms with E-state index in [4.69, 9.17) is 11.6 Å². The van der Waals surface area contributed by atoms with E-state index >= 15 is 0 Å². The zero-order valence-electron chi connectivity index (χ0n) is 15.6. The second-order valence-electron chi connectivity index (χ2n) is 7.20. The molecule has 144 valence electrons. The first-order valence-corrected chi connectivity index (χ1v) is 10.1. The summed E-state index contributed by atoms with van der Waals surface area (Å²) in [5, 5.41) is 7.65. The molecular formula is C22H23ClN4O. The molecule has 1 saturated carbocycles. The highest BCUT2D eigenvalue weighted by Crippen LogP contribution is 2.34. The number of aromatic nitrogens is 3. The van der Waals surface area contributed by atoms with Gasteiger partial charge < -0.3 is 5.32 Å². The van der Waals surface area contributed by atoms with Crippen LogP contribution in [0.15, 0.2) is 59.8 Å². The van der Waals surface area contributed by atoms with Crippen molar-refractivity contribution in [3.05, 3.63) is 81.5 Å². The summed E-state index contributed by atoms with van der Waals surface area (Å²) in [5.74, 6) is 0.647. The summed E-state index contributed by atoms with van der Waals surface area (Å²) < 4.78 is 1.35. The summed E-state index contributed by atoms with van der Waals surface area (Å²) in [7, 11) is 0. The highest BCUT2D eigenvalue weighted by Gasteiger charge is 2.17. The van der Waals surface area contributed by atoms with Crippen LogP contribution >= 0.6 is 11.6 Å². The van der Waals surface area contributed by atoms with E-state index in [1.165, 1.54) is 35.9 Å². The number of hydrogen-bond acceptors (Lipinski definition) is 4. The molecule has 1 N–H and O–H groups in total. The van der Waals surface area contributed by atoms with Crippen LogP contribution in [0.5, 0.6) is 0 Å². The molecule has 1 aliphatic carbocycles. The number of rotatable bonds is 6. The first-order valence-electron chi connectivity index (χ1n) is 9.73. The maximum atomic E-state index is 12.7. The topological polar surface area (TPSA) is 59.8 Å². The second kappa shape index (κ2) is 8.57. The zero-order valence-corrected chi connectivity index (χ0v) is 16.4. The minimum atomic E-state index is -0.318. The van der Waals surface area contributed by atoms with Crippen molar-refractivity contribution in [2.45, 2.75) is 38.0 Å². The number of benzene rings is 1. The average molecular weight is 395 g/mol. The van der Waals surface area contributed by atoms with Crippen LogP contribution in [-0.4, -0.2) is 21.3 Å². The van der Waals surface area contributed by atoms with Gasteiger partial charge in [-0.15, -0.1) is 0 Å². The lowest BCUT2D eigenvalue weighted by Gasteiger charge is -2.12. The molecule has 3 aromatic rings. The Morgan fingerprint density at radius 1 is 1.11 bits per heavy atom. The molecule has 0 amide bonds. The van der Waals surface area contributed by atoms with Crippen molar-refractivity contribution < 1.29 is 0 Å². The summed E-state index contributed by atoms with van der Waals surface area (Å²) in [6.07, 6.45) is 11.1. The maximum Gasteiger partial charge on any atom is 0.292 e. The molecule has 1 aromatic carbocycles. The molecule has 1 aliphatic rings. The van der Waals surface area contributed by atoms with Crippen LogP contribution in [0.2, 0.25) is 5.02 Å². The quantitative estimate of drug-likeness (QED) is 0.664. The van der Waals surface area contributed by atoms with Crippen molar-refractivity contribution in [3.8, 4) is 5.69 Å². The van der Waals surface area contributed by atoms with Crippen LogP contribution in [-0.2, 0) is 6.42 Å². The summed E-state index contributed by atoms with van der Waals surface area (Å²) in [5.41, 5.74) is 3.43. The van der Waals surface area contributed by atoms with Gasteiger partial charge in [0.05, 0.1) is 17.6 Å². The lowest BCUT2D eigenvalue weighted by Crippen LogP contribution is -2.23. The van der Waals surface area contributed by atoms with Gasteiger partial charge in [-0.2, -0.15) is 9.78 Å². The monoisotopic (exact) mass is 394 g/mol. The Morgan fingerprint density at radius 2 is 1.89 bits per heavy atom. The number of pyridine rings is 1. The Kier molecular flexibility index (Phi) is 5.72. The maximum absolute atomic E-state index is 12.7. The average Bonchev–Trinajstić information content (AvgIpc) is 3.27. The molecule has 2 heterocycles. The lowest BCUT2D eigenvalue weighted by molar-refractivity contribution is 0.721. The van der Waals surface area contributed by atoms with Gasteiger partial charge in [-0.25, -0.2) is 0 Å². The van der Waals surface area contributed by atoms with Crippen molar-refractivity contribution in [2.24, 2.45) is 0 Å². The van der Waals surface area contributed by atoms with E-state index in [1.807, 2.05) is 30.5 Å². The zero-order chi connectivity index (χ0) is 19.3. The second-order valence-corrected chi connectivity index (χ2v) is 7.58. The Hall–Kier alpha value is -2.66. The third-order valence-corrected chi connectivity index (χ3v) is 5.70. The van der Waals surface area contributed by atoms with Crippen LogP contribution in [0.3, 0.4) is 0 Å². The van der Waals surface area contributed by atoms with Gasteiger partial charge in [-0.1, -0.05) is 42.6 Å². The Morgan fingerprint density at radius 3 is 2.61 bits per heavy atom. The lowest BCUT2D eigenvalue weighted by atomic mass is 9.98. The van der Waals surface area contributed by atoms with E-state index in [9.17, 15) is 4.79 Å². The summed E-state index contributed by atoms with van der Waals surface area (Å²) in [6.45, 7) is 0.645. The van der Waals surface area contributed by atoms with E-state index < -0.39 is 0 Å². The number of nitrogens with zero attached hydrogens (tertiary/aromatic N) is 3. The van der Waals surface area contributed by atoms with Crippen molar-refractivity contribution >= 4 is 17.3 Å². The van der Waals surface area contributed by atoms with Crippen LogP contribution in [0, 0.1) is 0 Å². The minimum Gasteiger partial charge on any atom is -0.382 e. The van der Waals surface area contributed by atoms with E-state index in [2.05, 4.69) is 27.5 Å². The summed E-state index contributed by atoms with van der Waals surface area (Å²) in [4.78, 5) is 16.8. The molecule has 6 heteroatoms. The van der Waals surface area contributed by atoms with Gasteiger partial charge in [0.2, 0.25) is 0 Å². The van der Waals surface area contributed by atoms with Crippen molar-refractivity contribution in [1.29, 1.82) is 0 Å². The van der Waals surface area contributed by atoms with Crippen LogP contribution in [0.4, 0.5) is 5.69 Å². The largest absolute Gasteiger partial charge is 0.382 e. The molecule has 5 nitrogen and oxygen atoms in total. The first kappa shape index (κ1) is 18.7. The fourth-order valence-corrected chi connectivity index (χ4v) is 3.97. The van der Waals surface area contributed by atoms with Crippen LogP contribution < -0.4 is 10.9 Å². The van der Waals surface area contributed by atoms with E-state index in [1.54, 1.807) is 12.4 Å². The predicted molar refractivity (Wildman–Crippen MR) is 112 cm³/mol. The van der Waals surface area contributed by atoms with E-state index in [0.29, 0.717) is 18.2 Å². The number of nitrogens with one attached hydrogen (secondary N) is 1. The van der Waals surface area contributed by atoms with Gasteiger partial charge in [0.1, 0.15) is 5.02 Å². The fraction of sp³-hybridized carbons (Fsp3) is 0.318. The van der Waals surface area contributed by atoms with Gasteiger partial charge >= 0.3 is 0 Å². The molecule has 2 aromatic heterocycles. The molecule has 0 radical (unpaired) electrons. The Labute approximate surface area is 169 Å². The molecule has 0 aliphatic heterocycles. The van der Waals surface area contributed by atoms with Gasteiger partial charge in [0.15, 0.2) is 0 Å². The first-order chi connectivity index (χ1) is 13.7. The molecule has 0 atom stereocenters. The summed E-state index contributed by atoms with van der Waals surface area (Å²) >= 11 is 6.32. The highest BCUT2D eigenvalue weighted by molar-refractivity contribution is 6.32. The Balaban J connectivity index is 1.47. The summed E-state index contributed by atoms with van der Waals surface area (Å²) in [6, 6.07) is 12.0. The third kappa shape index (κ3) is 4.09. The molecule has 4 rings (SSSR count). The molecule has 0 spiro atoms. The molecule has 0 bridgehead atoms. The predicted octanol–water partition coefficient (Wildman–Crippen LogP) is 4.59. The molecule has 1 fully saturated rings. The number of hydrogen-bond donors (Lipinski definition) is 1. The van der Waals surface area contributed by atoms with Gasteiger partial charge in [-0.3, -0.25) is 9.78 Å². The van der Waals surface area contributed by atoms with Crippen molar-refractivity contribution in [2.75, 3.05) is 11.9 Å². The number of anilines is 1. The van der Waals surface area contributed by atoms with E-state index in [0.717, 1.165) is 17.7 Å². The van der Waals surface area contributed by atoms with E-state index in [-0.39, 0.29) is 10.6 Å².